The first kappa shape index (κ1) is 28.5. The fourth-order valence-electron chi connectivity index (χ4n) is 2.93. The standard InChI is InChI=1S/C22H26F3N3O5S2/c1-15-6-12-18(13-7-15)35(31,32)28-19(20(29)33-2)5-3-4-14-26-21(30)27-16-8-10-17(11-9-16)34-22(23,24)25/h6-13,19,28H,3-5,14H2,1-2H3,(H2,26,27,30). The Morgan fingerprint density at radius 3 is 2.23 bits per heavy atom. The molecular weight excluding hydrogens is 507 g/mol. The van der Waals surface area contributed by atoms with Crippen LogP contribution in [0.4, 0.5) is 23.7 Å². The van der Waals surface area contributed by atoms with E-state index < -0.39 is 33.6 Å². The highest BCUT2D eigenvalue weighted by atomic mass is 32.2. The number of benzene rings is 2. The largest absolute Gasteiger partial charge is 0.468 e. The number of carbonyl (C=O) groups excluding carboxylic acids is 2. The number of urea groups is 1. The number of sulfonamides is 1. The summed E-state index contributed by atoms with van der Waals surface area (Å²) >= 11 is -0.248. The minimum Gasteiger partial charge on any atom is -0.468 e. The zero-order valence-electron chi connectivity index (χ0n) is 19.0. The van der Waals surface area contributed by atoms with Crippen LogP contribution in [0.25, 0.3) is 0 Å². The van der Waals surface area contributed by atoms with Gasteiger partial charge in [-0.05, 0) is 74.3 Å². The normalized spacial score (nSPS) is 12.6. The lowest BCUT2D eigenvalue weighted by atomic mass is 10.1. The van der Waals surface area contributed by atoms with Crippen molar-refractivity contribution in [2.75, 3.05) is 19.0 Å². The molecule has 0 heterocycles. The molecule has 3 N–H and O–H groups in total. The van der Waals surface area contributed by atoms with Crippen LogP contribution in [-0.2, 0) is 19.6 Å². The van der Waals surface area contributed by atoms with Gasteiger partial charge in [0.2, 0.25) is 10.0 Å². The molecule has 0 aliphatic heterocycles. The van der Waals surface area contributed by atoms with E-state index in [1.54, 1.807) is 12.1 Å². The highest BCUT2D eigenvalue weighted by Crippen LogP contribution is 2.37. The molecule has 0 aliphatic rings. The predicted molar refractivity (Wildman–Crippen MR) is 127 cm³/mol. The molecule has 0 radical (unpaired) electrons. The van der Waals surface area contributed by atoms with E-state index in [1.165, 1.54) is 36.4 Å². The molecule has 8 nitrogen and oxygen atoms in total. The number of thioether (sulfide) groups is 1. The molecule has 192 valence electrons. The van der Waals surface area contributed by atoms with Crippen molar-refractivity contribution in [1.82, 2.24) is 10.0 Å². The van der Waals surface area contributed by atoms with Crippen molar-refractivity contribution in [1.29, 1.82) is 0 Å². The van der Waals surface area contributed by atoms with Crippen LogP contribution in [-0.4, -0.2) is 45.6 Å². The molecule has 0 spiro atoms. The SMILES string of the molecule is COC(=O)C(CCCCNC(=O)Nc1ccc(SC(F)(F)F)cc1)NS(=O)(=O)c1ccc(C)cc1. The van der Waals surface area contributed by atoms with Gasteiger partial charge in [-0.3, -0.25) is 4.79 Å². The molecule has 0 bridgehead atoms. The van der Waals surface area contributed by atoms with Gasteiger partial charge in [0.1, 0.15) is 6.04 Å². The maximum Gasteiger partial charge on any atom is 0.446 e. The first-order valence-electron chi connectivity index (χ1n) is 10.5. The smallest absolute Gasteiger partial charge is 0.446 e. The van der Waals surface area contributed by atoms with Crippen molar-refractivity contribution in [2.45, 2.75) is 47.5 Å². The van der Waals surface area contributed by atoms with Gasteiger partial charge in [-0.2, -0.15) is 17.9 Å². The van der Waals surface area contributed by atoms with Crippen molar-refractivity contribution >= 4 is 39.5 Å². The van der Waals surface area contributed by atoms with Gasteiger partial charge in [0.25, 0.3) is 0 Å². The number of methoxy groups -OCH3 is 1. The summed E-state index contributed by atoms with van der Waals surface area (Å²) in [6.45, 7) is 2.05. The first-order chi connectivity index (χ1) is 16.4. The first-order valence-corrected chi connectivity index (χ1v) is 12.8. The number of ether oxygens (including phenoxy) is 1. The summed E-state index contributed by atoms with van der Waals surface area (Å²) in [7, 11) is -2.77. The number of esters is 1. The number of hydrogen-bond donors (Lipinski definition) is 3. The summed E-state index contributed by atoms with van der Waals surface area (Å²) < 4.78 is 69.3. The molecule has 0 saturated carbocycles. The van der Waals surface area contributed by atoms with Crippen LogP contribution in [0, 0.1) is 6.92 Å². The van der Waals surface area contributed by atoms with Crippen LogP contribution in [0.3, 0.4) is 0 Å². The van der Waals surface area contributed by atoms with Gasteiger partial charge in [0.05, 0.1) is 12.0 Å². The van der Waals surface area contributed by atoms with Crippen LogP contribution in [0.15, 0.2) is 58.3 Å². The lowest BCUT2D eigenvalue weighted by Crippen LogP contribution is -2.41. The van der Waals surface area contributed by atoms with Gasteiger partial charge in [-0.1, -0.05) is 17.7 Å². The molecule has 0 aliphatic carbocycles. The zero-order chi connectivity index (χ0) is 26.1. The van der Waals surface area contributed by atoms with E-state index in [0.717, 1.165) is 12.7 Å². The molecule has 2 rings (SSSR count). The summed E-state index contributed by atoms with van der Waals surface area (Å²) in [5, 5.41) is 5.10. The van der Waals surface area contributed by atoms with Crippen molar-refractivity contribution in [3.8, 4) is 0 Å². The van der Waals surface area contributed by atoms with Crippen LogP contribution in [0.1, 0.15) is 24.8 Å². The summed E-state index contributed by atoms with van der Waals surface area (Å²) in [6.07, 6.45) is 0.994. The van der Waals surface area contributed by atoms with Crippen molar-refractivity contribution in [2.24, 2.45) is 0 Å². The molecule has 0 saturated heterocycles. The number of halogens is 3. The van der Waals surface area contributed by atoms with Crippen LogP contribution >= 0.6 is 11.8 Å². The number of hydrogen-bond acceptors (Lipinski definition) is 6. The van der Waals surface area contributed by atoms with E-state index in [0.29, 0.717) is 18.5 Å². The molecule has 35 heavy (non-hydrogen) atoms. The minimum atomic E-state index is -4.39. The van der Waals surface area contributed by atoms with E-state index in [1.807, 2.05) is 6.92 Å². The second-order valence-electron chi connectivity index (χ2n) is 7.46. The van der Waals surface area contributed by atoms with Gasteiger partial charge in [-0.25, -0.2) is 13.2 Å². The second kappa shape index (κ2) is 12.8. The Morgan fingerprint density at radius 1 is 1.03 bits per heavy atom. The van der Waals surface area contributed by atoms with Gasteiger partial charge >= 0.3 is 17.5 Å². The van der Waals surface area contributed by atoms with E-state index in [9.17, 15) is 31.2 Å². The molecule has 2 aromatic carbocycles. The van der Waals surface area contributed by atoms with E-state index >= 15 is 0 Å². The second-order valence-corrected chi connectivity index (χ2v) is 10.3. The number of aryl methyl sites for hydroxylation is 1. The Bertz CT molecular complexity index is 1090. The number of amides is 2. The average Bonchev–Trinajstić information content (AvgIpc) is 2.78. The van der Waals surface area contributed by atoms with E-state index in [2.05, 4.69) is 15.4 Å². The van der Waals surface area contributed by atoms with E-state index in [-0.39, 0.29) is 34.5 Å². The summed E-state index contributed by atoms with van der Waals surface area (Å²) in [6, 6.07) is 9.75. The van der Waals surface area contributed by atoms with Gasteiger partial charge in [-0.15, -0.1) is 0 Å². The molecule has 1 atom stereocenters. The van der Waals surface area contributed by atoms with Gasteiger partial charge in [0, 0.05) is 17.1 Å². The van der Waals surface area contributed by atoms with Crippen molar-refractivity contribution in [3.63, 3.8) is 0 Å². The van der Waals surface area contributed by atoms with Gasteiger partial charge in [0.15, 0.2) is 0 Å². The maximum atomic E-state index is 12.6. The van der Waals surface area contributed by atoms with Crippen molar-refractivity contribution in [3.05, 3.63) is 54.1 Å². The Kier molecular flexibility index (Phi) is 10.4. The number of alkyl halides is 3. The third-order valence-corrected chi connectivity index (χ3v) is 6.89. The topological polar surface area (TPSA) is 114 Å². The highest BCUT2D eigenvalue weighted by Gasteiger charge is 2.29. The van der Waals surface area contributed by atoms with Crippen LogP contribution in [0.5, 0.6) is 0 Å². The molecule has 13 heteroatoms. The zero-order valence-corrected chi connectivity index (χ0v) is 20.6. The average molecular weight is 534 g/mol. The van der Waals surface area contributed by atoms with Crippen LogP contribution in [0.2, 0.25) is 0 Å². The number of nitrogens with one attached hydrogen (secondary N) is 3. The number of rotatable bonds is 11. The Hall–Kier alpha value is -2.77. The molecule has 0 aromatic heterocycles. The number of anilines is 1. The Morgan fingerprint density at radius 2 is 1.66 bits per heavy atom. The fourth-order valence-corrected chi connectivity index (χ4v) is 4.69. The molecule has 1 unspecified atom stereocenters. The predicted octanol–water partition coefficient (Wildman–Crippen LogP) is 4.42. The fraction of sp³-hybridized carbons (Fsp3) is 0.364. The molecular formula is C22H26F3N3O5S2. The van der Waals surface area contributed by atoms with Gasteiger partial charge < -0.3 is 15.4 Å². The third-order valence-electron chi connectivity index (χ3n) is 4.67. The number of unbranched alkanes of at least 4 members (excludes halogenated alkanes) is 1. The maximum absolute atomic E-state index is 12.6. The monoisotopic (exact) mass is 533 g/mol. The highest BCUT2D eigenvalue weighted by molar-refractivity contribution is 8.00. The lowest BCUT2D eigenvalue weighted by molar-refractivity contribution is -0.142. The Balaban J connectivity index is 1.78. The van der Waals surface area contributed by atoms with Crippen molar-refractivity contribution < 1.29 is 35.9 Å². The molecule has 2 amide bonds. The number of carbonyl (C=O) groups is 2. The minimum absolute atomic E-state index is 0.00150. The van der Waals surface area contributed by atoms with E-state index in [4.69, 9.17) is 4.74 Å². The van der Waals surface area contributed by atoms with Crippen LogP contribution < -0.4 is 15.4 Å². The third kappa shape index (κ3) is 10.2. The lowest BCUT2D eigenvalue weighted by Gasteiger charge is -2.17. The summed E-state index contributed by atoms with van der Waals surface area (Å²) in [5.74, 6) is -0.724. The summed E-state index contributed by atoms with van der Waals surface area (Å²) in [5.41, 5.74) is -3.17. The quantitative estimate of drug-likeness (QED) is 0.224. The summed E-state index contributed by atoms with van der Waals surface area (Å²) in [4.78, 5) is 24.1. The molecule has 2 aromatic rings. The molecule has 0 fully saturated rings. The Labute approximate surface area is 206 Å².